The summed E-state index contributed by atoms with van der Waals surface area (Å²) in [4.78, 5) is 23.2. The Morgan fingerprint density at radius 2 is 2.16 bits per heavy atom. The quantitative estimate of drug-likeness (QED) is 0.801. The molecule has 6 nitrogen and oxygen atoms in total. The molecule has 0 saturated heterocycles. The zero-order valence-corrected chi connectivity index (χ0v) is 10.8. The van der Waals surface area contributed by atoms with Crippen molar-refractivity contribution in [2.45, 2.75) is 19.9 Å². The Morgan fingerprint density at radius 3 is 2.79 bits per heavy atom. The summed E-state index contributed by atoms with van der Waals surface area (Å²) in [6, 6.07) is 2.06. The van der Waals surface area contributed by atoms with E-state index in [9.17, 15) is 4.79 Å². The highest BCUT2D eigenvalue weighted by atomic mass is 16.1. The summed E-state index contributed by atoms with van der Waals surface area (Å²) in [5.41, 5.74) is 1.41. The highest BCUT2D eigenvalue weighted by Gasteiger charge is 2.09. The van der Waals surface area contributed by atoms with Crippen molar-refractivity contribution in [3.63, 3.8) is 0 Å². The van der Waals surface area contributed by atoms with Crippen molar-refractivity contribution in [1.29, 1.82) is 0 Å². The summed E-state index contributed by atoms with van der Waals surface area (Å²) in [6.07, 6.45) is 3.86. The summed E-state index contributed by atoms with van der Waals surface area (Å²) in [5, 5.41) is 6.49. The van der Waals surface area contributed by atoms with Gasteiger partial charge in [0, 0.05) is 17.6 Å². The SMILES string of the molecule is C=Cc1cc2cnc(NC=O)nc2c(NC(C)C)n1. The van der Waals surface area contributed by atoms with E-state index < -0.39 is 0 Å². The Labute approximate surface area is 111 Å². The van der Waals surface area contributed by atoms with Gasteiger partial charge in [-0.25, -0.2) is 15.0 Å². The van der Waals surface area contributed by atoms with E-state index in [1.807, 2.05) is 19.9 Å². The molecule has 0 bridgehead atoms. The first kappa shape index (κ1) is 12.9. The van der Waals surface area contributed by atoms with Crippen LogP contribution >= 0.6 is 0 Å². The summed E-state index contributed by atoms with van der Waals surface area (Å²) in [5.74, 6) is 0.904. The van der Waals surface area contributed by atoms with Crippen LogP contribution in [-0.4, -0.2) is 27.4 Å². The minimum atomic E-state index is 0.216. The van der Waals surface area contributed by atoms with E-state index >= 15 is 0 Å². The van der Waals surface area contributed by atoms with E-state index in [0.29, 0.717) is 17.7 Å². The molecular formula is C13H15N5O. The first-order valence-corrected chi connectivity index (χ1v) is 5.91. The molecule has 0 aliphatic rings. The summed E-state index contributed by atoms with van der Waals surface area (Å²) in [7, 11) is 0. The maximum atomic E-state index is 10.4. The number of pyridine rings is 1. The number of anilines is 2. The van der Waals surface area contributed by atoms with Gasteiger partial charge in [-0.15, -0.1) is 0 Å². The van der Waals surface area contributed by atoms with Gasteiger partial charge in [-0.3, -0.25) is 10.1 Å². The second-order valence-corrected chi connectivity index (χ2v) is 4.29. The lowest BCUT2D eigenvalue weighted by molar-refractivity contribution is -0.105. The maximum absolute atomic E-state index is 10.4. The van der Waals surface area contributed by atoms with Crippen molar-refractivity contribution in [1.82, 2.24) is 15.0 Å². The number of nitrogens with one attached hydrogen (secondary N) is 2. The summed E-state index contributed by atoms with van der Waals surface area (Å²) < 4.78 is 0. The molecule has 0 fully saturated rings. The Balaban J connectivity index is 2.61. The summed E-state index contributed by atoms with van der Waals surface area (Å²) >= 11 is 0. The third-order valence-corrected chi connectivity index (χ3v) is 2.41. The number of aromatic nitrogens is 3. The van der Waals surface area contributed by atoms with Gasteiger partial charge in [0.25, 0.3) is 0 Å². The Morgan fingerprint density at radius 1 is 1.37 bits per heavy atom. The topological polar surface area (TPSA) is 79.8 Å². The Kier molecular flexibility index (Phi) is 3.70. The number of rotatable bonds is 5. The van der Waals surface area contributed by atoms with Crippen molar-refractivity contribution in [3.05, 3.63) is 24.5 Å². The van der Waals surface area contributed by atoms with Gasteiger partial charge in [0.1, 0.15) is 5.52 Å². The number of carbonyl (C=O) groups excluding carboxylic acids is 1. The molecule has 1 amide bonds. The molecule has 2 aromatic heterocycles. The number of hydrogen-bond donors (Lipinski definition) is 2. The molecule has 2 heterocycles. The molecule has 0 spiro atoms. The van der Waals surface area contributed by atoms with Gasteiger partial charge >= 0.3 is 0 Å². The molecule has 2 N–H and O–H groups in total. The Bertz CT molecular complexity index is 624. The third kappa shape index (κ3) is 2.85. The van der Waals surface area contributed by atoms with Gasteiger partial charge in [0.2, 0.25) is 12.4 Å². The van der Waals surface area contributed by atoms with Crippen LogP contribution in [0.1, 0.15) is 19.5 Å². The average Bonchev–Trinajstić information content (AvgIpc) is 2.38. The second-order valence-electron chi connectivity index (χ2n) is 4.29. The lowest BCUT2D eigenvalue weighted by Gasteiger charge is -2.12. The van der Waals surface area contributed by atoms with Crippen molar-refractivity contribution < 1.29 is 4.79 Å². The molecule has 0 saturated carbocycles. The van der Waals surface area contributed by atoms with E-state index in [4.69, 9.17) is 0 Å². The molecule has 19 heavy (non-hydrogen) atoms. The zero-order chi connectivity index (χ0) is 13.8. The average molecular weight is 257 g/mol. The largest absolute Gasteiger partial charge is 0.366 e. The van der Waals surface area contributed by atoms with Gasteiger partial charge in [0.15, 0.2) is 5.82 Å². The van der Waals surface area contributed by atoms with Crippen molar-refractivity contribution in [2.75, 3.05) is 10.6 Å². The zero-order valence-electron chi connectivity index (χ0n) is 10.8. The maximum Gasteiger partial charge on any atom is 0.229 e. The van der Waals surface area contributed by atoms with Crippen LogP contribution in [0.4, 0.5) is 11.8 Å². The fourth-order valence-electron chi connectivity index (χ4n) is 1.66. The highest BCUT2D eigenvalue weighted by molar-refractivity contribution is 5.90. The second kappa shape index (κ2) is 5.43. The fourth-order valence-corrected chi connectivity index (χ4v) is 1.66. The smallest absolute Gasteiger partial charge is 0.229 e. The highest BCUT2D eigenvalue weighted by Crippen LogP contribution is 2.22. The van der Waals surface area contributed by atoms with E-state index in [2.05, 4.69) is 32.2 Å². The van der Waals surface area contributed by atoms with Crippen LogP contribution in [0.3, 0.4) is 0 Å². The predicted octanol–water partition coefficient (Wildman–Crippen LogP) is 2.06. The van der Waals surface area contributed by atoms with Gasteiger partial charge in [-0.2, -0.15) is 0 Å². The van der Waals surface area contributed by atoms with Crippen LogP contribution < -0.4 is 10.6 Å². The first-order chi connectivity index (χ1) is 9.13. The molecule has 0 aromatic carbocycles. The number of carbonyl (C=O) groups is 1. The van der Waals surface area contributed by atoms with Gasteiger partial charge in [0.05, 0.1) is 5.69 Å². The van der Waals surface area contributed by atoms with Crippen LogP contribution in [0, 0.1) is 0 Å². The van der Waals surface area contributed by atoms with E-state index in [1.165, 1.54) is 0 Å². The van der Waals surface area contributed by atoms with E-state index in [0.717, 1.165) is 11.1 Å². The van der Waals surface area contributed by atoms with Crippen molar-refractivity contribution in [3.8, 4) is 0 Å². The standard InChI is InChI=1S/C13H15N5O/c1-4-10-5-9-6-14-13(15-7-19)18-11(9)12(17-10)16-8(2)3/h4-8H,1H2,2-3H3,(H,16,17)(H,14,15,18,19). The first-order valence-electron chi connectivity index (χ1n) is 5.91. The van der Waals surface area contributed by atoms with Crippen LogP contribution in [0.25, 0.3) is 17.0 Å². The van der Waals surface area contributed by atoms with Gasteiger partial charge < -0.3 is 5.32 Å². The van der Waals surface area contributed by atoms with Crippen LogP contribution in [0.2, 0.25) is 0 Å². The molecule has 0 aliphatic heterocycles. The lowest BCUT2D eigenvalue weighted by atomic mass is 10.2. The van der Waals surface area contributed by atoms with E-state index in [-0.39, 0.29) is 12.0 Å². The van der Waals surface area contributed by atoms with Crippen LogP contribution in [0.15, 0.2) is 18.8 Å². The molecule has 2 rings (SSSR count). The molecule has 98 valence electrons. The monoisotopic (exact) mass is 257 g/mol. The minimum Gasteiger partial charge on any atom is -0.366 e. The van der Waals surface area contributed by atoms with Crippen molar-refractivity contribution in [2.24, 2.45) is 0 Å². The number of amides is 1. The minimum absolute atomic E-state index is 0.216. The fraction of sp³-hybridized carbons (Fsp3) is 0.231. The molecule has 0 atom stereocenters. The van der Waals surface area contributed by atoms with E-state index in [1.54, 1.807) is 12.3 Å². The number of nitrogens with zero attached hydrogens (tertiary/aromatic N) is 3. The normalized spacial score (nSPS) is 10.5. The molecule has 0 radical (unpaired) electrons. The van der Waals surface area contributed by atoms with Crippen molar-refractivity contribution >= 4 is 35.2 Å². The Hall–Kier alpha value is -2.50. The predicted molar refractivity (Wildman–Crippen MR) is 75.9 cm³/mol. The molecule has 6 heteroatoms. The molecule has 2 aromatic rings. The lowest BCUT2D eigenvalue weighted by Crippen LogP contribution is -2.12. The molecular weight excluding hydrogens is 242 g/mol. The van der Waals surface area contributed by atoms with Crippen LogP contribution in [0.5, 0.6) is 0 Å². The summed E-state index contributed by atoms with van der Waals surface area (Å²) in [6.45, 7) is 7.74. The number of fused-ring (bicyclic) bond motifs is 1. The van der Waals surface area contributed by atoms with Crippen LogP contribution in [-0.2, 0) is 4.79 Å². The third-order valence-electron chi connectivity index (χ3n) is 2.41. The molecule has 0 aliphatic carbocycles. The van der Waals surface area contributed by atoms with Gasteiger partial charge in [-0.1, -0.05) is 6.58 Å². The number of hydrogen-bond acceptors (Lipinski definition) is 5. The van der Waals surface area contributed by atoms with Gasteiger partial charge in [-0.05, 0) is 26.0 Å². The molecule has 0 unspecified atom stereocenters.